The molecule has 7 nitrogen and oxygen atoms in total. The molecule has 0 aliphatic heterocycles. The fraction of sp³-hybridized carbons (Fsp3) is 0.500. The Balaban J connectivity index is 0.00000364. The standard InChI is InChI=1S/C18H27FN6O.HI/c1-14-23-24-17(25(14)2)13-22-18(20-9-5-11-26-3)21-10-8-15-6-4-7-16(19)12-15;/h4,6-7,12H,5,8-11,13H2,1-3H3,(H2,20,21,22);1H. The van der Waals surface area contributed by atoms with Gasteiger partial charge in [-0.3, -0.25) is 0 Å². The number of aryl methyl sites for hydroxylation is 1. The van der Waals surface area contributed by atoms with Crippen LogP contribution in [0.5, 0.6) is 0 Å². The lowest BCUT2D eigenvalue weighted by Crippen LogP contribution is -2.39. The van der Waals surface area contributed by atoms with Gasteiger partial charge in [0.1, 0.15) is 18.2 Å². The molecule has 0 fully saturated rings. The van der Waals surface area contributed by atoms with Gasteiger partial charge in [0.15, 0.2) is 11.8 Å². The molecular formula is C18H28FIN6O. The predicted octanol–water partition coefficient (Wildman–Crippen LogP) is 2.20. The van der Waals surface area contributed by atoms with Crippen molar-refractivity contribution >= 4 is 29.9 Å². The maximum absolute atomic E-state index is 13.3. The minimum atomic E-state index is -0.216. The Morgan fingerprint density at radius 3 is 2.70 bits per heavy atom. The van der Waals surface area contributed by atoms with Gasteiger partial charge in [-0.25, -0.2) is 9.38 Å². The fourth-order valence-corrected chi connectivity index (χ4v) is 2.35. The summed E-state index contributed by atoms with van der Waals surface area (Å²) in [5.74, 6) is 2.12. The maximum Gasteiger partial charge on any atom is 0.191 e. The lowest BCUT2D eigenvalue weighted by Gasteiger charge is -2.12. The molecule has 0 radical (unpaired) electrons. The number of rotatable bonds is 9. The van der Waals surface area contributed by atoms with Crippen LogP contribution in [0.15, 0.2) is 29.3 Å². The van der Waals surface area contributed by atoms with Crippen molar-refractivity contribution in [2.75, 3.05) is 26.8 Å². The van der Waals surface area contributed by atoms with E-state index in [1.165, 1.54) is 6.07 Å². The number of methoxy groups -OCH3 is 1. The average molecular weight is 490 g/mol. The van der Waals surface area contributed by atoms with Crippen molar-refractivity contribution in [3.05, 3.63) is 47.3 Å². The molecule has 0 unspecified atom stereocenters. The van der Waals surface area contributed by atoms with E-state index in [9.17, 15) is 4.39 Å². The van der Waals surface area contributed by atoms with Gasteiger partial charge in [0.25, 0.3) is 0 Å². The molecule has 9 heteroatoms. The molecule has 2 N–H and O–H groups in total. The molecule has 1 heterocycles. The van der Waals surface area contributed by atoms with E-state index in [-0.39, 0.29) is 29.8 Å². The Hall–Kier alpha value is -1.75. The number of nitrogens with zero attached hydrogens (tertiary/aromatic N) is 4. The van der Waals surface area contributed by atoms with Crippen LogP contribution in [0.4, 0.5) is 4.39 Å². The summed E-state index contributed by atoms with van der Waals surface area (Å²) in [6.07, 6.45) is 1.59. The molecule has 1 aromatic carbocycles. The normalized spacial score (nSPS) is 11.2. The highest BCUT2D eigenvalue weighted by atomic mass is 127. The van der Waals surface area contributed by atoms with E-state index in [0.29, 0.717) is 32.1 Å². The van der Waals surface area contributed by atoms with E-state index in [0.717, 1.165) is 30.2 Å². The monoisotopic (exact) mass is 490 g/mol. The summed E-state index contributed by atoms with van der Waals surface area (Å²) in [5, 5.41) is 14.7. The van der Waals surface area contributed by atoms with Crippen LogP contribution in [-0.2, 0) is 24.8 Å². The van der Waals surface area contributed by atoms with Gasteiger partial charge in [-0.2, -0.15) is 0 Å². The summed E-state index contributed by atoms with van der Waals surface area (Å²) < 4.78 is 20.2. The SMILES string of the molecule is COCCCNC(=NCc1nnc(C)n1C)NCCc1cccc(F)c1.I. The van der Waals surface area contributed by atoms with Crippen molar-refractivity contribution in [3.63, 3.8) is 0 Å². The second-order valence-corrected chi connectivity index (χ2v) is 5.97. The van der Waals surface area contributed by atoms with E-state index in [1.54, 1.807) is 19.2 Å². The highest BCUT2D eigenvalue weighted by molar-refractivity contribution is 14.0. The second-order valence-electron chi connectivity index (χ2n) is 5.97. The van der Waals surface area contributed by atoms with E-state index in [4.69, 9.17) is 4.74 Å². The van der Waals surface area contributed by atoms with Crippen molar-refractivity contribution in [1.82, 2.24) is 25.4 Å². The Labute approximate surface area is 176 Å². The molecule has 27 heavy (non-hydrogen) atoms. The quantitative estimate of drug-likeness (QED) is 0.244. The molecule has 0 saturated carbocycles. The van der Waals surface area contributed by atoms with Gasteiger partial charge in [-0.05, 0) is 37.5 Å². The first-order chi connectivity index (χ1) is 12.6. The van der Waals surface area contributed by atoms with Crippen LogP contribution >= 0.6 is 24.0 Å². The van der Waals surface area contributed by atoms with Gasteiger partial charge < -0.3 is 19.9 Å². The van der Waals surface area contributed by atoms with Gasteiger partial charge in [0.2, 0.25) is 0 Å². The van der Waals surface area contributed by atoms with Crippen molar-refractivity contribution in [2.24, 2.45) is 12.0 Å². The smallest absolute Gasteiger partial charge is 0.191 e. The van der Waals surface area contributed by atoms with Crippen molar-refractivity contribution in [1.29, 1.82) is 0 Å². The van der Waals surface area contributed by atoms with Crippen LogP contribution in [0.2, 0.25) is 0 Å². The second kappa shape index (κ2) is 12.6. The van der Waals surface area contributed by atoms with Gasteiger partial charge in [-0.1, -0.05) is 12.1 Å². The third-order valence-corrected chi connectivity index (χ3v) is 3.97. The summed E-state index contributed by atoms with van der Waals surface area (Å²) in [5.41, 5.74) is 0.945. The van der Waals surface area contributed by atoms with Crippen molar-refractivity contribution < 1.29 is 9.13 Å². The van der Waals surface area contributed by atoms with E-state index in [1.807, 2.05) is 24.6 Å². The molecule has 0 saturated heterocycles. The minimum absolute atomic E-state index is 0. The average Bonchev–Trinajstić information content (AvgIpc) is 2.94. The molecule has 0 aliphatic rings. The number of hydrogen-bond acceptors (Lipinski definition) is 4. The summed E-state index contributed by atoms with van der Waals surface area (Å²) in [4.78, 5) is 4.57. The summed E-state index contributed by atoms with van der Waals surface area (Å²) in [6.45, 7) is 4.42. The molecule has 0 atom stereocenters. The highest BCUT2D eigenvalue weighted by Crippen LogP contribution is 2.03. The Bertz CT molecular complexity index is 722. The first kappa shape index (κ1) is 23.3. The molecule has 1 aromatic heterocycles. The number of aromatic nitrogens is 3. The van der Waals surface area contributed by atoms with Crippen LogP contribution in [0.25, 0.3) is 0 Å². The van der Waals surface area contributed by atoms with Crippen LogP contribution in [0.1, 0.15) is 23.6 Å². The molecule has 2 rings (SSSR count). The first-order valence-electron chi connectivity index (χ1n) is 8.70. The number of ether oxygens (including phenoxy) is 1. The number of benzene rings is 1. The third kappa shape index (κ3) is 8.21. The van der Waals surface area contributed by atoms with Gasteiger partial charge >= 0.3 is 0 Å². The van der Waals surface area contributed by atoms with Gasteiger partial charge in [-0.15, -0.1) is 34.2 Å². The lowest BCUT2D eigenvalue weighted by atomic mass is 10.1. The molecule has 0 aliphatic carbocycles. The first-order valence-corrected chi connectivity index (χ1v) is 8.70. The van der Waals surface area contributed by atoms with E-state index < -0.39 is 0 Å². The van der Waals surface area contributed by atoms with Crippen LogP contribution < -0.4 is 10.6 Å². The summed E-state index contributed by atoms with van der Waals surface area (Å²) >= 11 is 0. The lowest BCUT2D eigenvalue weighted by molar-refractivity contribution is 0.195. The van der Waals surface area contributed by atoms with E-state index in [2.05, 4.69) is 25.8 Å². The topological polar surface area (TPSA) is 76.4 Å². The van der Waals surface area contributed by atoms with Crippen LogP contribution in [0.3, 0.4) is 0 Å². The van der Waals surface area contributed by atoms with Gasteiger partial charge in [0, 0.05) is 33.9 Å². The largest absolute Gasteiger partial charge is 0.385 e. The minimum Gasteiger partial charge on any atom is -0.385 e. The number of aliphatic imine (C=N–C) groups is 1. The molecule has 150 valence electrons. The zero-order valence-electron chi connectivity index (χ0n) is 16.0. The zero-order chi connectivity index (χ0) is 18.8. The number of hydrogen-bond donors (Lipinski definition) is 2. The Morgan fingerprint density at radius 1 is 1.26 bits per heavy atom. The predicted molar refractivity (Wildman–Crippen MR) is 115 cm³/mol. The Kier molecular flexibility index (Phi) is 10.9. The number of halogens is 2. The Morgan fingerprint density at radius 2 is 2.04 bits per heavy atom. The van der Waals surface area contributed by atoms with Crippen molar-refractivity contribution in [2.45, 2.75) is 26.3 Å². The molecule has 0 bridgehead atoms. The molecule has 0 spiro atoms. The van der Waals surface area contributed by atoms with Gasteiger partial charge in [0.05, 0.1) is 0 Å². The molecular weight excluding hydrogens is 462 g/mol. The summed E-state index contributed by atoms with van der Waals surface area (Å²) in [6, 6.07) is 6.63. The third-order valence-electron chi connectivity index (χ3n) is 3.97. The molecule has 2 aromatic rings. The highest BCUT2D eigenvalue weighted by Gasteiger charge is 2.05. The fourth-order valence-electron chi connectivity index (χ4n) is 2.35. The van der Waals surface area contributed by atoms with E-state index >= 15 is 0 Å². The van der Waals surface area contributed by atoms with Crippen molar-refractivity contribution in [3.8, 4) is 0 Å². The number of guanidine groups is 1. The zero-order valence-corrected chi connectivity index (χ0v) is 18.4. The van der Waals surface area contributed by atoms with Crippen LogP contribution in [0, 0.1) is 12.7 Å². The van der Waals surface area contributed by atoms with Crippen LogP contribution in [-0.4, -0.2) is 47.5 Å². The molecule has 0 amide bonds. The maximum atomic E-state index is 13.3. The number of nitrogens with one attached hydrogen (secondary N) is 2. The summed E-state index contributed by atoms with van der Waals surface area (Å²) in [7, 11) is 3.60.